The van der Waals surface area contributed by atoms with Crippen molar-refractivity contribution in [2.45, 2.75) is 40.2 Å². The summed E-state index contributed by atoms with van der Waals surface area (Å²) in [7, 11) is 0. The van der Waals surface area contributed by atoms with Crippen LogP contribution in [0.15, 0.2) is 34.9 Å². The predicted molar refractivity (Wildman–Crippen MR) is 113 cm³/mol. The van der Waals surface area contributed by atoms with Crippen LogP contribution in [0.1, 0.15) is 41.6 Å². The lowest BCUT2D eigenvalue weighted by atomic mass is 10.1. The van der Waals surface area contributed by atoms with E-state index >= 15 is 0 Å². The van der Waals surface area contributed by atoms with E-state index in [9.17, 15) is 9.18 Å². The maximum absolute atomic E-state index is 13.6. The molecule has 0 aliphatic carbocycles. The van der Waals surface area contributed by atoms with Crippen molar-refractivity contribution in [1.29, 1.82) is 0 Å². The van der Waals surface area contributed by atoms with Crippen LogP contribution in [0.5, 0.6) is 5.75 Å². The number of likely N-dealkylation sites (tertiary alicyclic amines) is 1. The largest absolute Gasteiger partial charge is 0.491 e. The summed E-state index contributed by atoms with van der Waals surface area (Å²) in [6.45, 7) is 8.42. The Labute approximate surface area is 180 Å². The molecule has 0 N–H and O–H groups in total. The summed E-state index contributed by atoms with van der Waals surface area (Å²) < 4.78 is 26.6. The van der Waals surface area contributed by atoms with Gasteiger partial charge in [0, 0.05) is 31.4 Å². The molecule has 1 saturated heterocycles. The highest BCUT2D eigenvalue weighted by atomic mass is 19.1. The Hall–Kier alpha value is -3.16. The molecule has 1 aliphatic rings. The molecule has 1 atom stereocenters. The molecule has 1 unspecified atom stereocenters. The predicted octanol–water partition coefficient (Wildman–Crippen LogP) is 4.25. The maximum Gasteiger partial charge on any atom is 0.276 e. The smallest absolute Gasteiger partial charge is 0.276 e. The third kappa shape index (κ3) is 4.33. The molecule has 0 radical (unpaired) electrons. The van der Waals surface area contributed by atoms with E-state index in [-0.39, 0.29) is 17.5 Å². The Morgan fingerprint density at radius 2 is 2.13 bits per heavy atom. The number of ether oxygens (including phenoxy) is 1. The highest BCUT2D eigenvalue weighted by Gasteiger charge is 2.29. The lowest BCUT2D eigenvalue weighted by molar-refractivity contribution is 0.0775. The van der Waals surface area contributed by atoms with Crippen LogP contribution in [0.4, 0.5) is 4.39 Å². The minimum Gasteiger partial charge on any atom is -0.491 e. The SMILES string of the molecule is CCn1nc(C)c(-c2cc(C(=O)N3CCC(CCOc4ccccc4F)C3)no2)c1C. The molecule has 0 bridgehead atoms. The van der Waals surface area contributed by atoms with Crippen LogP contribution in [0.25, 0.3) is 11.3 Å². The Kier molecular flexibility index (Phi) is 6.06. The Morgan fingerprint density at radius 3 is 2.87 bits per heavy atom. The molecule has 3 heterocycles. The van der Waals surface area contributed by atoms with Crippen LogP contribution in [0, 0.1) is 25.6 Å². The lowest BCUT2D eigenvalue weighted by Gasteiger charge is -2.15. The number of aromatic nitrogens is 3. The van der Waals surface area contributed by atoms with E-state index in [4.69, 9.17) is 9.26 Å². The van der Waals surface area contributed by atoms with Gasteiger partial charge in [0.15, 0.2) is 23.0 Å². The van der Waals surface area contributed by atoms with Crippen molar-refractivity contribution in [2.75, 3.05) is 19.7 Å². The Balaban J connectivity index is 1.35. The molecular weight excluding hydrogens is 399 g/mol. The third-order valence-corrected chi connectivity index (χ3v) is 5.85. The number of para-hydroxylation sites is 1. The molecule has 1 aromatic carbocycles. The minimum atomic E-state index is -0.359. The molecular formula is C23H27FN4O3. The summed E-state index contributed by atoms with van der Waals surface area (Å²) >= 11 is 0. The molecule has 164 valence electrons. The maximum atomic E-state index is 13.6. The molecule has 3 aromatic rings. The summed E-state index contributed by atoms with van der Waals surface area (Å²) in [4.78, 5) is 14.7. The molecule has 7 nitrogen and oxygen atoms in total. The normalized spacial score (nSPS) is 16.1. The van der Waals surface area contributed by atoms with Gasteiger partial charge < -0.3 is 14.2 Å². The standard InChI is InChI=1S/C23H27FN4O3/c1-4-28-16(3)22(15(2)25-28)21-13-19(26-31-21)23(29)27-11-9-17(14-27)10-12-30-20-8-6-5-7-18(20)24/h5-8,13,17H,4,9-12,14H2,1-3H3. The number of nitrogens with zero attached hydrogens (tertiary/aromatic N) is 4. The van der Waals surface area contributed by atoms with Crippen molar-refractivity contribution >= 4 is 5.91 Å². The first kappa shape index (κ1) is 21.1. The minimum absolute atomic E-state index is 0.134. The van der Waals surface area contributed by atoms with Crippen LogP contribution in [-0.2, 0) is 6.54 Å². The first-order valence-corrected chi connectivity index (χ1v) is 10.7. The molecule has 0 spiro atoms. The second kappa shape index (κ2) is 8.91. The highest BCUT2D eigenvalue weighted by molar-refractivity contribution is 5.93. The Bertz CT molecular complexity index is 1070. The van der Waals surface area contributed by atoms with E-state index in [1.165, 1.54) is 6.07 Å². The van der Waals surface area contributed by atoms with Gasteiger partial charge in [-0.2, -0.15) is 5.10 Å². The second-order valence-electron chi connectivity index (χ2n) is 7.91. The van der Waals surface area contributed by atoms with Gasteiger partial charge in [0.2, 0.25) is 0 Å². The van der Waals surface area contributed by atoms with Gasteiger partial charge in [-0.1, -0.05) is 17.3 Å². The number of hydrogen-bond acceptors (Lipinski definition) is 5. The van der Waals surface area contributed by atoms with Crippen LogP contribution >= 0.6 is 0 Å². The van der Waals surface area contributed by atoms with Crippen molar-refractivity contribution in [2.24, 2.45) is 5.92 Å². The molecule has 4 rings (SSSR count). The van der Waals surface area contributed by atoms with Crippen molar-refractivity contribution in [3.63, 3.8) is 0 Å². The summed E-state index contributed by atoms with van der Waals surface area (Å²) in [6, 6.07) is 8.09. The van der Waals surface area contributed by atoms with Gasteiger partial charge in [-0.05, 0) is 51.7 Å². The van der Waals surface area contributed by atoms with Crippen molar-refractivity contribution in [3.8, 4) is 17.1 Å². The first-order chi connectivity index (χ1) is 15.0. The fourth-order valence-electron chi connectivity index (χ4n) is 4.17. The quantitative estimate of drug-likeness (QED) is 0.565. The van der Waals surface area contributed by atoms with Crippen molar-refractivity contribution < 1.29 is 18.4 Å². The fourth-order valence-corrected chi connectivity index (χ4v) is 4.17. The zero-order valence-electron chi connectivity index (χ0n) is 18.1. The van der Waals surface area contributed by atoms with Gasteiger partial charge in [-0.3, -0.25) is 9.48 Å². The monoisotopic (exact) mass is 426 g/mol. The van der Waals surface area contributed by atoms with E-state index < -0.39 is 0 Å². The third-order valence-electron chi connectivity index (χ3n) is 5.85. The van der Waals surface area contributed by atoms with Crippen LogP contribution in [0.2, 0.25) is 0 Å². The van der Waals surface area contributed by atoms with E-state index in [1.807, 2.05) is 25.5 Å². The zero-order valence-corrected chi connectivity index (χ0v) is 18.1. The molecule has 31 heavy (non-hydrogen) atoms. The van der Waals surface area contributed by atoms with Gasteiger partial charge in [0.25, 0.3) is 5.91 Å². The number of carbonyl (C=O) groups is 1. The van der Waals surface area contributed by atoms with Gasteiger partial charge in [-0.15, -0.1) is 0 Å². The number of hydrogen-bond donors (Lipinski definition) is 0. The second-order valence-corrected chi connectivity index (χ2v) is 7.91. The number of rotatable bonds is 7. The molecule has 0 saturated carbocycles. The number of aryl methyl sites for hydroxylation is 2. The highest BCUT2D eigenvalue weighted by Crippen LogP contribution is 2.29. The van der Waals surface area contributed by atoms with Crippen molar-refractivity contribution in [1.82, 2.24) is 19.8 Å². The fraction of sp³-hybridized carbons (Fsp3) is 0.435. The molecule has 1 aliphatic heterocycles. The molecule has 8 heteroatoms. The summed E-state index contributed by atoms with van der Waals surface area (Å²) in [6.07, 6.45) is 1.65. The van der Waals surface area contributed by atoms with Gasteiger partial charge >= 0.3 is 0 Å². The van der Waals surface area contributed by atoms with E-state index in [0.29, 0.717) is 37.1 Å². The molecule has 1 amide bonds. The Morgan fingerprint density at radius 1 is 1.32 bits per heavy atom. The number of amides is 1. The van der Waals surface area contributed by atoms with Gasteiger partial charge in [0.1, 0.15) is 0 Å². The van der Waals surface area contributed by atoms with Crippen molar-refractivity contribution in [3.05, 3.63) is 53.2 Å². The van der Waals surface area contributed by atoms with Crippen LogP contribution in [-0.4, -0.2) is 45.4 Å². The van der Waals surface area contributed by atoms with E-state index in [1.54, 1.807) is 29.2 Å². The molecule has 1 fully saturated rings. The topological polar surface area (TPSA) is 73.4 Å². The molecule has 2 aromatic heterocycles. The van der Waals surface area contributed by atoms with Gasteiger partial charge in [0.05, 0.1) is 17.9 Å². The average molecular weight is 426 g/mol. The van der Waals surface area contributed by atoms with Crippen LogP contribution in [0.3, 0.4) is 0 Å². The number of halogens is 1. The van der Waals surface area contributed by atoms with E-state index in [0.717, 1.165) is 36.3 Å². The zero-order chi connectivity index (χ0) is 22.0. The average Bonchev–Trinajstić information content (AvgIpc) is 3.48. The lowest BCUT2D eigenvalue weighted by Crippen LogP contribution is -2.29. The first-order valence-electron chi connectivity index (χ1n) is 10.7. The number of carbonyl (C=O) groups excluding carboxylic acids is 1. The summed E-state index contributed by atoms with van der Waals surface area (Å²) in [5.74, 6) is 0.648. The van der Waals surface area contributed by atoms with Crippen LogP contribution < -0.4 is 4.74 Å². The van der Waals surface area contributed by atoms with E-state index in [2.05, 4.69) is 10.3 Å². The van der Waals surface area contributed by atoms with Gasteiger partial charge in [-0.25, -0.2) is 4.39 Å². The number of benzene rings is 1. The summed E-state index contributed by atoms with van der Waals surface area (Å²) in [5.41, 5.74) is 3.04. The summed E-state index contributed by atoms with van der Waals surface area (Å²) in [5, 5.41) is 8.52.